The van der Waals surface area contributed by atoms with Crippen LogP contribution in [-0.4, -0.2) is 45.6 Å². The molecule has 1 fully saturated rings. The Balaban J connectivity index is 1.55. The number of amides is 1. The van der Waals surface area contributed by atoms with Crippen LogP contribution in [0.25, 0.3) is 11.0 Å². The second-order valence-corrected chi connectivity index (χ2v) is 6.79. The number of aliphatic carboxylic acids is 1. The smallest absolute Gasteiger partial charge is 0.233 e. The summed E-state index contributed by atoms with van der Waals surface area (Å²) >= 11 is 1.37. The van der Waals surface area contributed by atoms with Gasteiger partial charge in [-0.3, -0.25) is 4.79 Å². The highest BCUT2D eigenvalue weighted by molar-refractivity contribution is 7.99. The highest BCUT2D eigenvalue weighted by atomic mass is 32.2. The number of H-pyrrole nitrogens is 1. The number of imidazole rings is 1. The van der Waals surface area contributed by atoms with Crippen molar-refractivity contribution in [1.82, 2.24) is 14.9 Å². The first kappa shape index (κ1) is 15.9. The molecule has 6 nitrogen and oxygen atoms in total. The number of benzene rings is 1. The molecule has 7 heteroatoms. The van der Waals surface area contributed by atoms with Crippen LogP contribution in [0.3, 0.4) is 0 Å². The van der Waals surface area contributed by atoms with Crippen molar-refractivity contribution in [1.29, 1.82) is 0 Å². The van der Waals surface area contributed by atoms with E-state index in [0.717, 1.165) is 21.8 Å². The average Bonchev–Trinajstić information content (AvgIpc) is 2.94. The highest BCUT2D eigenvalue weighted by Crippen LogP contribution is 2.22. The van der Waals surface area contributed by atoms with Crippen LogP contribution in [0.5, 0.6) is 0 Å². The van der Waals surface area contributed by atoms with Gasteiger partial charge in [-0.15, -0.1) is 0 Å². The molecule has 2 heterocycles. The SMILES string of the molecule is Cc1ccc2nc(SCC(=O)N3CCC(C(=O)[O-])CC3)[nH]c2c1. The zero-order valence-corrected chi connectivity index (χ0v) is 13.7. The number of aryl methyl sites for hydroxylation is 1. The molecule has 0 aliphatic carbocycles. The maximum atomic E-state index is 12.2. The summed E-state index contributed by atoms with van der Waals surface area (Å²) in [5.41, 5.74) is 3.01. The topological polar surface area (TPSA) is 89.1 Å². The van der Waals surface area contributed by atoms with Gasteiger partial charge in [0.05, 0.1) is 16.8 Å². The standard InChI is InChI=1S/C16H19N3O3S/c1-10-2-3-12-13(8-10)18-16(17-12)23-9-14(20)19-6-4-11(5-7-19)15(21)22/h2-3,8,11H,4-7,9H2,1H3,(H,17,18)(H,21,22)/p-1. The van der Waals surface area contributed by atoms with Crippen molar-refractivity contribution < 1.29 is 14.7 Å². The van der Waals surface area contributed by atoms with E-state index in [2.05, 4.69) is 9.97 Å². The number of nitrogens with zero attached hydrogens (tertiary/aromatic N) is 2. The highest BCUT2D eigenvalue weighted by Gasteiger charge is 2.23. The largest absolute Gasteiger partial charge is 0.550 e. The van der Waals surface area contributed by atoms with Gasteiger partial charge in [-0.2, -0.15) is 0 Å². The average molecular weight is 332 g/mol. The molecule has 23 heavy (non-hydrogen) atoms. The maximum absolute atomic E-state index is 12.2. The summed E-state index contributed by atoms with van der Waals surface area (Å²) in [6, 6.07) is 5.99. The normalized spacial score (nSPS) is 16.0. The molecule has 0 unspecified atom stereocenters. The number of hydrogen-bond acceptors (Lipinski definition) is 5. The van der Waals surface area contributed by atoms with Crippen molar-refractivity contribution >= 4 is 34.7 Å². The van der Waals surface area contributed by atoms with Crippen LogP contribution >= 0.6 is 11.8 Å². The number of hydrogen-bond donors (Lipinski definition) is 1. The van der Waals surface area contributed by atoms with E-state index in [1.54, 1.807) is 4.90 Å². The van der Waals surface area contributed by atoms with Crippen molar-refractivity contribution in [2.24, 2.45) is 5.92 Å². The number of aromatic amines is 1. The lowest BCUT2D eigenvalue weighted by atomic mass is 9.97. The van der Waals surface area contributed by atoms with Gasteiger partial charge in [0, 0.05) is 25.0 Å². The first-order chi connectivity index (χ1) is 11.0. The van der Waals surface area contributed by atoms with Crippen molar-refractivity contribution in [3.63, 3.8) is 0 Å². The van der Waals surface area contributed by atoms with Gasteiger partial charge in [-0.05, 0) is 37.5 Å². The van der Waals surface area contributed by atoms with E-state index in [9.17, 15) is 14.7 Å². The number of fused-ring (bicyclic) bond motifs is 1. The molecule has 0 atom stereocenters. The number of nitrogens with one attached hydrogen (secondary N) is 1. The molecule has 0 spiro atoms. The Morgan fingerprint density at radius 1 is 1.39 bits per heavy atom. The molecule has 1 N–H and O–H groups in total. The predicted octanol–water partition coefficient (Wildman–Crippen LogP) is 0.952. The van der Waals surface area contributed by atoms with E-state index in [0.29, 0.717) is 31.7 Å². The van der Waals surface area contributed by atoms with E-state index in [1.165, 1.54) is 11.8 Å². The van der Waals surface area contributed by atoms with Crippen LogP contribution in [-0.2, 0) is 9.59 Å². The van der Waals surface area contributed by atoms with Crippen molar-refractivity contribution in [2.75, 3.05) is 18.8 Å². The Morgan fingerprint density at radius 2 is 2.13 bits per heavy atom. The second-order valence-electron chi connectivity index (χ2n) is 5.83. The molecule has 1 aliphatic heterocycles. The molecule has 0 saturated carbocycles. The van der Waals surface area contributed by atoms with Gasteiger partial charge in [-0.25, -0.2) is 4.98 Å². The molecular formula is C16H18N3O3S-. The number of carbonyl (C=O) groups is 2. The minimum Gasteiger partial charge on any atom is -0.550 e. The predicted molar refractivity (Wildman–Crippen MR) is 85.9 cm³/mol. The minimum atomic E-state index is -1.01. The third kappa shape index (κ3) is 3.67. The van der Waals surface area contributed by atoms with Crippen LogP contribution in [0, 0.1) is 12.8 Å². The van der Waals surface area contributed by atoms with E-state index in [1.807, 2.05) is 25.1 Å². The number of rotatable bonds is 4. The Hall–Kier alpha value is -2.02. The molecule has 1 aliphatic rings. The van der Waals surface area contributed by atoms with Crippen LogP contribution in [0.4, 0.5) is 0 Å². The number of carboxylic acids is 1. The van der Waals surface area contributed by atoms with Crippen molar-refractivity contribution in [2.45, 2.75) is 24.9 Å². The quantitative estimate of drug-likeness (QED) is 0.842. The summed E-state index contributed by atoms with van der Waals surface area (Å²) in [5.74, 6) is -1.12. The second kappa shape index (κ2) is 6.62. The van der Waals surface area contributed by atoms with Gasteiger partial charge in [0.25, 0.3) is 0 Å². The Bertz CT molecular complexity index is 735. The molecule has 1 aromatic heterocycles. The molecule has 0 bridgehead atoms. The summed E-state index contributed by atoms with van der Waals surface area (Å²) in [7, 11) is 0. The van der Waals surface area contributed by atoms with Crippen molar-refractivity contribution in [3.05, 3.63) is 23.8 Å². The molecule has 1 saturated heterocycles. The lowest BCUT2D eigenvalue weighted by Crippen LogP contribution is -2.44. The zero-order chi connectivity index (χ0) is 16.4. The lowest BCUT2D eigenvalue weighted by Gasteiger charge is -2.32. The first-order valence-electron chi connectivity index (χ1n) is 7.61. The molecule has 1 amide bonds. The monoisotopic (exact) mass is 332 g/mol. The van der Waals surface area contributed by atoms with Crippen molar-refractivity contribution in [3.8, 4) is 0 Å². The number of carbonyl (C=O) groups excluding carboxylic acids is 2. The fraction of sp³-hybridized carbons (Fsp3) is 0.438. The Morgan fingerprint density at radius 3 is 2.83 bits per heavy atom. The minimum absolute atomic E-state index is 0.0171. The van der Waals surface area contributed by atoms with E-state index >= 15 is 0 Å². The van der Waals surface area contributed by atoms with Gasteiger partial charge in [-0.1, -0.05) is 17.8 Å². The number of thioether (sulfide) groups is 1. The molecule has 2 aromatic rings. The van der Waals surface area contributed by atoms with E-state index in [4.69, 9.17) is 0 Å². The fourth-order valence-corrected chi connectivity index (χ4v) is 3.54. The van der Waals surface area contributed by atoms with Crippen LogP contribution in [0.2, 0.25) is 0 Å². The van der Waals surface area contributed by atoms with Gasteiger partial charge in [0.15, 0.2) is 5.16 Å². The zero-order valence-electron chi connectivity index (χ0n) is 12.9. The van der Waals surface area contributed by atoms with E-state index < -0.39 is 11.9 Å². The summed E-state index contributed by atoms with van der Waals surface area (Å²) in [6.45, 7) is 2.99. The third-order valence-electron chi connectivity index (χ3n) is 4.13. The van der Waals surface area contributed by atoms with Crippen LogP contribution in [0.1, 0.15) is 18.4 Å². The van der Waals surface area contributed by atoms with Gasteiger partial charge in [0.2, 0.25) is 5.91 Å². The Labute approximate surface area is 138 Å². The number of piperidine rings is 1. The van der Waals surface area contributed by atoms with Gasteiger partial charge >= 0.3 is 0 Å². The number of aromatic nitrogens is 2. The number of likely N-dealkylation sites (tertiary alicyclic amines) is 1. The first-order valence-corrected chi connectivity index (χ1v) is 8.59. The maximum Gasteiger partial charge on any atom is 0.233 e. The lowest BCUT2D eigenvalue weighted by molar-refractivity contribution is -0.312. The fourth-order valence-electron chi connectivity index (χ4n) is 2.75. The summed E-state index contributed by atoms with van der Waals surface area (Å²) < 4.78 is 0. The molecular weight excluding hydrogens is 314 g/mol. The summed E-state index contributed by atoms with van der Waals surface area (Å²) in [6.07, 6.45) is 0.950. The van der Waals surface area contributed by atoms with Gasteiger partial charge < -0.3 is 19.8 Å². The molecule has 122 valence electrons. The number of carboxylic acid groups (broad SMARTS) is 1. The van der Waals surface area contributed by atoms with Crippen LogP contribution < -0.4 is 5.11 Å². The summed E-state index contributed by atoms with van der Waals surface area (Å²) in [4.78, 5) is 32.4. The molecule has 3 rings (SSSR count). The third-order valence-corrected chi connectivity index (χ3v) is 4.99. The Kier molecular flexibility index (Phi) is 4.56. The summed E-state index contributed by atoms with van der Waals surface area (Å²) in [5, 5.41) is 11.5. The molecule has 0 radical (unpaired) electrons. The van der Waals surface area contributed by atoms with E-state index in [-0.39, 0.29) is 5.91 Å². The van der Waals surface area contributed by atoms with Crippen LogP contribution in [0.15, 0.2) is 23.4 Å². The molecule has 1 aromatic carbocycles. The van der Waals surface area contributed by atoms with Gasteiger partial charge in [0.1, 0.15) is 0 Å².